The summed E-state index contributed by atoms with van der Waals surface area (Å²) in [7, 11) is 1.68. The van der Waals surface area contributed by atoms with Crippen LogP contribution in [0.15, 0.2) is 10.7 Å². The third-order valence-electron chi connectivity index (χ3n) is 2.99. The van der Waals surface area contributed by atoms with Crippen LogP contribution in [0.4, 0.5) is 0 Å². The van der Waals surface area contributed by atoms with Gasteiger partial charge in [-0.3, -0.25) is 4.68 Å². The highest BCUT2D eigenvalue weighted by molar-refractivity contribution is 9.10. The van der Waals surface area contributed by atoms with Gasteiger partial charge in [0.2, 0.25) is 0 Å². The number of nitrogens with one attached hydrogen (secondary N) is 1. The molecule has 0 saturated carbocycles. The summed E-state index contributed by atoms with van der Waals surface area (Å²) < 4.78 is 19.5. The van der Waals surface area contributed by atoms with Crippen LogP contribution in [0.1, 0.15) is 32.5 Å². The molecule has 7 heteroatoms. The van der Waals surface area contributed by atoms with E-state index < -0.39 is 0 Å². The van der Waals surface area contributed by atoms with Gasteiger partial charge in [-0.15, -0.1) is 0 Å². The summed E-state index contributed by atoms with van der Waals surface area (Å²) in [6.07, 6.45) is 1.44. The predicted molar refractivity (Wildman–Crippen MR) is 85.3 cm³/mol. The molecule has 0 bridgehead atoms. The molecule has 0 fully saturated rings. The molecule has 122 valence electrons. The number of aromatic nitrogens is 2. The lowest BCUT2D eigenvalue weighted by Crippen LogP contribution is -2.37. The van der Waals surface area contributed by atoms with Crippen molar-refractivity contribution in [3.05, 3.63) is 16.4 Å². The number of methoxy groups -OCH3 is 1. The smallest absolute Gasteiger partial charge is 0.178 e. The van der Waals surface area contributed by atoms with Crippen LogP contribution in [0.25, 0.3) is 0 Å². The van der Waals surface area contributed by atoms with Crippen molar-refractivity contribution in [1.82, 2.24) is 15.1 Å². The molecule has 1 aromatic rings. The normalized spacial score (nSPS) is 13.0. The fraction of sp³-hybridized carbons (Fsp3) is 0.786. The van der Waals surface area contributed by atoms with Gasteiger partial charge in [-0.25, -0.2) is 0 Å². The Labute approximate surface area is 135 Å². The van der Waals surface area contributed by atoms with Gasteiger partial charge in [0.15, 0.2) is 6.29 Å². The van der Waals surface area contributed by atoms with Crippen LogP contribution in [0.3, 0.4) is 0 Å². The molecule has 21 heavy (non-hydrogen) atoms. The van der Waals surface area contributed by atoms with Crippen molar-refractivity contribution < 1.29 is 14.2 Å². The van der Waals surface area contributed by atoms with Gasteiger partial charge in [-0.2, -0.15) is 5.10 Å². The summed E-state index contributed by atoms with van der Waals surface area (Å²) in [5.41, 5.74) is 1.01. The number of halogens is 1. The number of nitrogens with zero attached hydrogens (tertiary/aromatic N) is 2. The Balaban J connectivity index is 3.04. The molecule has 1 aromatic heterocycles. The lowest BCUT2D eigenvalue weighted by molar-refractivity contribution is -0.156. The first-order valence-electron chi connectivity index (χ1n) is 7.36. The molecule has 6 nitrogen and oxygen atoms in total. The topological polar surface area (TPSA) is 57.5 Å². The molecule has 1 unspecified atom stereocenters. The molecule has 0 aromatic carbocycles. The third kappa shape index (κ3) is 5.34. The van der Waals surface area contributed by atoms with E-state index >= 15 is 0 Å². The van der Waals surface area contributed by atoms with Gasteiger partial charge in [-0.05, 0) is 36.3 Å². The van der Waals surface area contributed by atoms with E-state index in [1.807, 2.05) is 18.5 Å². The largest absolute Gasteiger partial charge is 0.383 e. The molecule has 1 N–H and O–H groups in total. The van der Waals surface area contributed by atoms with E-state index in [4.69, 9.17) is 14.2 Å². The molecule has 0 spiro atoms. The fourth-order valence-corrected chi connectivity index (χ4v) is 2.69. The van der Waals surface area contributed by atoms with E-state index in [2.05, 4.69) is 33.3 Å². The maximum absolute atomic E-state index is 5.76. The van der Waals surface area contributed by atoms with Gasteiger partial charge in [0, 0.05) is 20.3 Å². The lowest BCUT2D eigenvalue weighted by atomic mass is 10.2. The number of hydrogen-bond acceptors (Lipinski definition) is 5. The van der Waals surface area contributed by atoms with Crippen LogP contribution < -0.4 is 5.32 Å². The van der Waals surface area contributed by atoms with E-state index in [-0.39, 0.29) is 12.3 Å². The highest BCUT2D eigenvalue weighted by atomic mass is 79.9. The van der Waals surface area contributed by atoms with Crippen LogP contribution >= 0.6 is 15.9 Å². The summed E-state index contributed by atoms with van der Waals surface area (Å²) in [4.78, 5) is 0. The second-order valence-corrected chi connectivity index (χ2v) is 5.26. The van der Waals surface area contributed by atoms with Crippen molar-refractivity contribution in [2.75, 3.05) is 33.5 Å². The molecular formula is C14H26BrN3O3. The lowest BCUT2D eigenvalue weighted by Gasteiger charge is -2.28. The zero-order valence-electron chi connectivity index (χ0n) is 13.3. The summed E-state index contributed by atoms with van der Waals surface area (Å²) in [6.45, 7) is 9.28. The fourth-order valence-electron chi connectivity index (χ4n) is 2.15. The molecule has 0 saturated heterocycles. The van der Waals surface area contributed by atoms with Crippen molar-refractivity contribution in [2.45, 2.75) is 39.6 Å². The first kappa shape index (κ1) is 18.6. The molecule has 0 aliphatic heterocycles. The van der Waals surface area contributed by atoms with Crippen molar-refractivity contribution in [2.24, 2.45) is 0 Å². The minimum atomic E-state index is -0.353. The van der Waals surface area contributed by atoms with Crippen LogP contribution in [0.5, 0.6) is 0 Å². The second-order valence-electron chi connectivity index (χ2n) is 4.41. The zero-order valence-corrected chi connectivity index (χ0v) is 14.9. The van der Waals surface area contributed by atoms with Crippen molar-refractivity contribution in [1.29, 1.82) is 0 Å². The summed E-state index contributed by atoms with van der Waals surface area (Å²) >= 11 is 3.57. The number of rotatable bonds is 11. The Bertz CT molecular complexity index is 395. The highest BCUT2D eigenvalue weighted by Gasteiger charge is 2.28. The van der Waals surface area contributed by atoms with Gasteiger partial charge in [-0.1, -0.05) is 6.92 Å². The monoisotopic (exact) mass is 363 g/mol. The van der Waals surface area contributed by atoms with Crippen LogP contribution in [-0.2, 0) is 20.8 Å². The number of likely N-dealkylation sites (N-methyl/N-ethyl adjacent to an activating group) is 1. The van der Waals surface area contributed by atoms with Gasteiger partial charge in [0.25, 0.3) is 0 Å². The Hall–Kier alpha value is -0.470. The highest BCUT2D eigenvalue weighted by Crippen LogP contribution is 2.27. The van der Waals surface area contributed by atoms with Gasteiger partial charge in [0.05, 0.1) is 29.5 Å². The molecule has 0 aliphatic carbocycles. The first-order valence-corrected chi connectivity index (χ1v) is 8.15. The molecule has 0 aliphatic rings. The molecule has 0 radical (unpaired) electrons. The first-order chi connectivity index (χ1) is 10.2. The summed E-state index contributed by atoms with van der Waals surface area (Å²) in [5, 5.41) is 7.83. The average Bonchev–Trinajstić information content (AvgIpc) is 2.83. The Morgan fingerprint density at radius 3 is 2.48 bits per heavy atom. The van der Waals surface area contributed by atoms with E-state index in [1.165, 1.54) is 0 Å². The maximum Gasteiger partial charge on any atom is 0.178 e. The molecule has 1 rings (SSSR count). The van der Waals surface area contributed by atoms with E-state index in [0.717, 1.165) is 16.7 Å². The third-order valence-corrected chi connectivity index (χ3v) is 3.60. The Morgan fingerprint density at radius 1 is 1.29 bits per heavy atom. The van der Waals surface area contributed by atoms with Crippen LogP contribution in [0, 0.1) is 0 Å². The second kappa shape index (κ2) is 10.3. The standard InChI is InChI=1S/C14H26BrN3O3/c1-5-16-12(14(20-6-2)21-7-3)13-11(15)10-17-18(13)8-9-19-4/h10,12,14,16H,5-9H2,1-4H3. The molecule has 1 heterocycles. The van der Waals surface area contributed by atoms with Crippen molar-refractivity contribution in [3.63, 3.8) is 0 Å². The van der Waals surface area contributed by atoms with Crippen LogP contribution in [-0.4, -0.2) is 49.5 Å². The van der Waals surface area contributed by atoms with Gasteiger partial charge < -0.3 is 19.5 Å². The van der Waals surface area contributed by atoms with Crippen LogP contribution in [0.2, 0.25) is 0 Å². The number of ether oxygens (including phenoxy) is 3. The SMILES string of the molecule is CCNC(c1c(Br)cnn1CCOC)C(OCC)OCC. The number of hydrogen-bond donors (Lipinski definition) is 1. The quantitative estimate of drug-likeness (QED) is 0.611. The molecule has 1 atom stereocenters. The van der Waals surface area contributed by atoms with Gasteiger partial charge in [0.1, 0.15) is 6.04 Å². The summed E-state index contributed by atoms with van der Waals surface area (Å²) in [6, 6.07) is -0.0939. The summed E-state index contributed by atoms with van der Waals surface area (Å²) in [5.74, 6) is 0. The molecule has 0 amide bonds. The van der Waals surface area contributed by atoms with E-state index in [9.17, 15) is 0 Å². The maximum atomic E-state index is 5.76. The molecular weight excluding hydrogens is 338 g/mol. The van der Waals surface area contributed by atoms with Gasteiger partial charge >= 0.3 is 0 Å². The van der Waals surface area contributed by atoms with E-state index in [0.29, 0.717) is 26.4 Å². The Morgan fingerprint density at radius 2 is 1.95 bits per heavy atom. The van der Waals surface area contributed by atoms with E-state index in [1.54, 1.807) is 13.3 Å². The Kier molecular flexibility index (Phi) is 9.10. The predicted octanol–water partition coefficient (Wildman–Crippen LogP) is 2.34. The minimum absolute atomic E-state index is 0.0939. The average molecular weight is 364 g/mol. The minimum Gasteiger partial charge on any atom is -0.383 e. The van der Waals surface area contributed by atoms with Crippen molar-refractivity contribution in [3.8, 4) is 0 Å². The zero-order chi connectivity index (χ0) is 15.7. The van der Waals surface area contributed by atoms with Crippen molar-refractivity contribution >= 4 is 15.9 Å².